The van der Waals surface area contributed by atoms with E-state index in [1.807, 2.05) is 6.92 Å². The van der Waals surface area contributed by atoms with Crippen LogP contribution in [0.4, 0.5) is 0 Å². The molecule has 2 rings (SSSR count). The van der Waals surface area contributed by atoms with Crippen molar-refractivity contribution in [2.24, 2.45) is 5.92 Å². The molecule has 2 fully saturated rings. The molecule has 1 heterocycles. The molecule has 0 amide bonds. The molecule has 2 N–H and O–H groups in total. The molecule has 0 bridgehead atoms. The van der Waals surface area contributed by atoms with Crippen LogP contribution in [0, 0.1) is 5.92 Å². The molecular formula is C15H30N2O. The highest BCUT2D eigenvalue weighted by Gasteiger charge is 2.33. The van der Waals surface area contributed by atoms with Crippen molar-refractivity contribution in [2.75, 3.05) is 26.2 Å². The number of hydrogen-bond acceptors (Lipinski definition) is 3. The van der Waals surface area contributed by atoms with Gasteiger partial charge in [0.2, 0.25) is 0 Å². The highest BCUT2D eigenvalue weighted by atomic mass is 16.3. The Hall–Kier alpha value is -0.120. The van der Waals surface area contributed by atoms with Crippen LogP contribution >= 0.6 is 0 Å². The Labute approximate surface area is 112 Å². The summed E-state index contributed by atoms with van der Waals surface area (Å²) in [4.78, 5) is 2.49. The normalized spacial score (nSPS) is 38.2. The molecule has 1 saturated heterocycles. The predicted octanol–water partition coefficient (Wildman–Crippen LogP) is 2.00. The van der Waals surface area contributed by atoms with Gasteiger partial charge in [0.05, 0.1) is 5.60 Å². The number of β-amino-alcohol motifs (C(OH)–C–C–N with tert-alkyl or cyclic N) is 1. The number of hydrogen-bond donors (Lipinski definition) is 2. The highest BCUT2D eigenvalue weighted by molar-refractivity contribution is 4.89. The maximum Gasteiger partial charge on any atom is 0.0746 e. The van der Waals surface area contributed by atoms with Gasteiger partial charge in [-0.3, -0.25) is 0 Å². The van der Waals surface area contributed by atoms with Crippen LogP contribution in [0.25, 0.3) is 0 Å². The zero-order chi connectivity index (χ0) is 13.0. The molecule has 0 spiro atoms. The van der Waals surface area contributed by atoms with Gasteiger partial charge >= 0.3 is 0 Å². The lowest BCUT2D eigenvalue weighted by molar-refractivity contribution is -0.0206. The Kier molecular flexibility index (Phi) is 5.05. The summed E-state index contributed by atoms with van der Waals surface area (Å²) in [5, 5.41) is 13.9. The topological polar surface area (TPSA) is 35.5 Å². The van der Waals surface area contributed by atoms with Crippen LogP contribution < -0.4 is 5.32 Å². The zero-order valence-corrected chi connectivity index (χ0v) is 12.1. The van der Waals surface area contributed by atoms with Crippen LogP contribution in [0.5, 0.6) is 0 Å². The molecule has 2 aliphatic rings. The lowest BCUT2D eigenvalue weighted by Gasteiger charge is -2.39. The second-order valence-electron chi connectivity index (χ2n) is 6.59. The minimum absolute atomic E-state index is 0.455. The van der Waals surface area contributed by atoms with E-state index in [1.54, 1.807) is 0 Å². The second kappa shape index (κ2) is 6.36. The lowest BCUT2D eigenvalue weighted by Crippen LogP contribution is -2.49. The van der Waals surface area contributed by atoms with Gasteiger partial charge < -0.3 is 15.3 Å². The third-order valence-corrected chi connectivity index (χ3v) is 4.56. The van der Waals surface area contributed by atoms with Gasteiger partial charge in [-0.1, -0.05) is 13.3 Å². The van der Waals surface area contributed by atoms with Gasteiger partial charge in [0.25, 0.3) is 0 Å². The fourth-order valence-corrected chi connectivity index (χ4v) is 3.66. The molecule has 0 aromatic heterocycles. The van der Waals surface area contributed by atoms with E-state index < -0.39 is 5.60 Å². The summed E-state index contributed by atoms with van der Waals surface area (Å²) in [5.74, 6) is 0.797. The first-order valence-corrected chi connectivity index (χ1v) is 7.79. The molecule has 0 radical (unpaired) electrons. The number of likely N-dealkylation sites (tertiary alicyclic amines) is 1. The molecule has 3 heteroatoms. The molecule has 1 aliphatic carbocycles. The molecule has 0 aromatic rings. The van der Waals surface area contributed by atoms with Crippen molar-refractivity contribution in [1.82, 2.24) is 10.2 Å². The van der Waals surface area contributed by atoms with Gasteiger partial charge in [-0.25, -0.2) is 0 Å². The highest BCUT2D eigenvalue weighted by Crippen LogP contribution is 2.29. The first kappa shape index (κ1) is 14.3. The summed E-state index contributed by atoms with van der Waals surface area (Å²) in [6.07, 6.45) is 7.41. The Balaban J connectivity index is 1.80. The SMILES string of the molecule is CCCNC1CCCC1CN1CCCC(C)(O)C1. The summed E-state index contributed by atoms with van der Waals surface area (Å²) < 4.78 is 0. The maximum atomic E-state index is 10.2. The Morgan fingerprint density at radius 3 is 2.89 bits per heavy atom. The molecule has 0 aromatic carbocycles. The monoisotopic (exact) mass is 254 g/mol. The third kappa shape index (κ3) is 3.94. The summed E-state index contributed by atoms with van der Waals surface area (Å²) in [5.41, 5.74) is -0.455. The zero-order valence-electron chi connectivity index (χ0n) is 12.1. The summed E-state index contributed by atoms with van der Waals surface area (Å²) in [6.45, 7) is 8.59. The quantitative estimate of drug-likeness (QED) is 0.788. The average molecular weight is 254 g/mol. The van der Waals surface area contributed by atoms with Gasteiger partial charge in [0.1, 0.15) is 0 Å². The standard InChI is InChI=1S/C15H30N2O/c1-3-9-16-14-7-4-6-13(14)11-17-10-5-8-15(2,18)12-17/h13-14,16,18H,3-12H2,1-2H3. The average Bonchev–Trinajstić information content (AvgIpc) is 2.72. The van der Waals surface area contributed by atoms with Crippen LogP contribution in [-0.4, -0.2) is 47.8 Å². The van der Waals surface area contributed by atoms with E-state index in [-0.39, 0.29) is 0 Å². The van der Waals surface area contributed by atoms with Crippen molar-refractivity contribution in [2.45, 2.75) is 64.0 Å². The summed E-state index contributed by atoms with van der Waals surface area (Å²) in [6, 6.07) is 0.719. The van der Waals surface area contributed by atoms with E-state index in [4.69, 9.17) is 0 Å². The van der Waals surface area contributed by atoms with Crippen molar-refractivity contribution in [3.63, 3.8) is 0 Å². The Bertz CT molecular complexity index is 255. The molecular weight excluding hydrogens is 224 g/mol. The molecule has 1 saturated carbocycles. The van der Waals surface area contributed by atoms with Crippen LogP contribution in [0.1, 0.15) is 52.4 Å². The molecule has 1 aliphatic heterocycles. The van der Waals surface area contributed by atoms with Gasteiger partial charge in [-0.2, -0.15) is 0 Å². The molecule has 3 nitrogen and oxygen atoms in total. The number of nitrogens with zero attached hydrogens (tertiary/aromatic N) is 1. The number of piperidine rings is 1. The fraction of sp³-hybridized carbons (Fsp3) is 1.00. The van der Waals surface area contributed by atoms with Gasteiger partial charge in [0.15, 0.2) is 0 Å². The minimum atomic E-state index is -0.455. The summed E-state index contributed by atoms with van der Waals surface area (Å²) >= 11 is 0. The van der Waals surface area contributed by atoms with Gasteiger partial charge in [-0.05, 0) is 58.0 Å². The number of nitrogens with one attached hydrogen (secondary N) is 1. The summed E-state index contributed by atoms with van der Waals surface area (Å²) in [7, 11) is 0. The first-order chi connectivity index (χ1) is 8.61. The van der Waals surface area contributed by atoms with Crippen molar-refractivity contribution in [1.29, 1.82) is 0 Å². The van der Waals surface area contributed by atoms with Crippen molar-refractivity contribution >= 4 is 0 Å². The second-order valence-corrected chi connectivity index (χ2v) is 6.59. The lowest BCUT2D eigenvalue weighted by atomic mass is 9.93. The van der Waals surface area contributed by atoms with Gasteiger partial charge in [-0.15, -0.1) is 0 Å². The smallest absolute Gasteiger partial charge is 0.0746 e. The fourth-order valence-electron chi connectivity index (χ4n) is 3.66. The largest absolute Gasteiger partial charge is 0.389 e. The van der Waals surface area contributed by atoms with E-state index in [0.29, 0.717) is 0 Å². The molecule has 3 atom stereocenters. The van der Waals surface area contributed by atoms with E-state index in [1.165, 1.54) is 38.8 Å². The van der Waals surface area contributed by atoms with Crippen LogP contribution in [0.3, 0.4) is 0 Å². The number of aliphatic hydroxyl groups is 1. The van der Waals surface area contributed by atoms with E-state index >= 15 is 0 Å². The first-order valence-electron chi connectivity index (χ1n) is 7.79. The number of rotatable bonds is 5. The molecule has 18 heavy (non-hydrogen) atoms. The molecule has 3 unspecified atom stereocenters. The van der Waals surface area contributed by atoms with Crippen LogP contribution in [0.2, 0.25) is 0 Å². The maximum absolute atomic E-state index is 10.2. The Morgan fingerprint density at radius 2 is 2.17 bits per heavy atom. The van der Waals surface area contributed by atoms with Crippen molar-refractivity contribution in [3.8, 4) is 0 Å². The van der Waals surface area contributed by atoms with Crippen molar-refractivity contribution in [3.05, 3.63) is 0 Å². The van der Waals surface area contributed by atoms with E-state index in [0.717, 1.165) is 37.9 Å². The third-order valence-electron chi connectivity index (χ3n) is 4.56. The minimum Gasteiger partial charge on any atom is -0.389 e. The van der Waals surface area contributed by atoms with E-state index in [2.05, 4.69) is 17.1 Å². The van der Waals surface area contributed by atoms with Gasteiger partial charge in [0, 0.05) is 19.1 Å². The Morgan fingerprint density at radius 1 is 1.33 bits per heavy atom. The molecule has 106 valence electrons. The van der Waals surface area contributed by atoms with Crippen LogP contribution in [-0.2, 0) is 0 Å². The predicted molar refractivity (Wildman–Crippen MR) is 75.7 cm³/mol. The van der Waals surface area contributed by atoms with E-state index in [9.17, 15) is 5.11 Å². The van der Waals surface area contributed by atoms with Crippen LogP contribution in [0.15, 0.2) is 0 Å². The van der Waals surface area contributed by atoms with Crippen molar-refractivity contribution < 1.29 is 5.11 Å².